The van der Waals surface area contributed by atoms with E-state index in [0.717, 1.165) is 12.0 Å². The van der Waals surface area contributed by atoms with Crippen LogP contribution in [0.3, 0.4) is 0 Å². The minimum absolute atomic E-state index is 0.175. The van der Waals surface area contributed by atoms with E-state index in [9.17, 15) is 4.79 Å². The summed E-state index contributed by atoms with van der Waals surface area (Å²) >= 11 is 0. The molecule has 0 heterocycles. The van der Waals surface area contributed by atoms with E-state index in [1.54, 1.807) is 13.5 Å². The zero-order valence-corrected chi connectivity index (χ0v) is 9.07. The van der Waals surface area contributed by atoms with Crippen molar-refractivity contribution in [1.82, 2.24) is 5.32 Å². The Morgan fingerprint density at radius 1 is 1.47 bits per heavy atom. The number of nitrogens with one attached hydrogen (secondary N) is 1. The van der Waals surface area contributed by atoms with E-state index in [1.165, 1.54) is 0 Å². The van der Waals surface area contributed by atoms with Crippen molar-refractivity contribution in [3.05, 3.63) is 42.4 Å². The normalized spacial score (nSPS) is 11.9. The van der Waals surface area contributed by atoms with Crippen LogP contribution in [-0.2, 0) is 4.74 Å². The molecule has 0 spiro atoms. The van der Waals surface area contributed by atoms with Crippen molar-refractivity contribution in [3.8, 4) is 0 Å². The lowest BCUT2D eigenvalue weighted by Crippen LogP contribution is -2.22. The van der Waals surface area contributed by atoms with Gasteiger partial charge < -0.3 is 10.1 Å². The average Bonchev–Trinajstić information content (AvgIpc) is 2.27. The molecule has 1 N–H and O–H groups in total. The van der Waals surface area contributed by atoms with E-state index in [0.29, 0.717) is 0 Å². The molecule has 3 nitrogen and oxygen atoms in total. The van der Waals surface area contributed by atoms with Gasteiger partial charge in [0.2, 0.25) is 0 Å². The lowest BCUT2D eigenvalue weighted by atomic mass is 10.1. The average molecular weight is 206 g/mol. The molecule has 1 aromatic rings. The molecule has 0 aliphatic rings. The number of carbonyl (C=O) groups is 1. The molecule has 0 aliphatic heterocycles. The number of benzene rings is 1. The molecule has 0 fully saturated rings. The fourth-order valence-corrected chi connectivity index (χ4v) is 1.34. The fraction of sp³-hybridized carbons (Fsp3) is 0.333. The summed E-state index contributed by atoms with van der Waals surface area (Å²) in [4.78, 5) is 11.2. The molecule has 1 radical (unpaired) electrons. The number of carbonyl (C=O) groups excluding carboxylic acids is 1. The van der Waals surface area contributed by atoms with Crippen LogP contribution in [0, 0.1) is 6.54 Å². The van der Waals surface area contributed by atoms with Gasteiger partial charge in [0.05, 0.1) is 0 Å². The standard InChI is InChI=1S/C12H16NO2/c1-3-11(15-12(14)13-4-2)10-8-6-5-7-9-10/h4-9,11H,3H2,1-2H3,(H,13,14). The van der Waals surface area contributed by atoms with E-state index in [-0.39, 0.29) is 6.10 Å². The molecule has 1 amide bonds. The van der Waals surface area contributed by atoms with E-state index < -0.39 is 6.09 Å². The molecule has 0 saturated carbocycles. The highest BCUT2D eigenvalue weighted by Crippen LogP contribution is 2.20. The summed E-state index contributed by atoms with van der Waals surface area (Å²) in [7, 11) is 0. The van der Waals surface area contributed by atoms with Crippen molar-refractivity contribution in [2.75, 3.05) is 0 Å². The van der Waals surface area contributed by atoms with Gasteiger partial charge >= 0.3 is 6.09 Å². The Balaban J connectivity index is 2.61. The maximum Gasteiger partial charge on any atom is 0.408 e. The van der Waals surface area contributed by atoms with Crippen molar-refractivity contribution in [1.29, 1.82) is 0 Å². The summed E-state index contributed by atoms with van der Waals surface area (Å²) in [6.07, 6.45) is 0.181. The highest BCUT2D eigenvalue weighted by Gasteiger charge is 2.13. The molecule has 0 aromatic heterocycles. The molecular weight excluding hydrogens is 190 g/mol. The highest BCUT2D eigenvalue weighted by molar-refractivity contribution is 5.68. The molecule has 3 heteroatoms. The van der Waals surface area contributed by atoms with Crippen LogP contribution in [0.5, 0.6) is 0 Å². The Labute approximate surface area is 90.4 Å². The van der Waals surface area contributed by atoms with E-state index in [4.69, 9.17) is 4.74 Å². The Morgan fingerprint density at radius 3 is 2.67 bits per heavy atom. The number of hydrogen-bond donors (Lipinski definition) is 1. The number of rotatable bonds is 4. The van der Waals surface area contributed by atoms with E-state index >= 15 is 0 Å². The Bertz CT molecular complexity index is 298. The minimum atomic E-state index is -0.409. The predicted molar refractivity (Wildman–Crippen MR) is 59.1 cm³/mol. The second kappa shape index (κ2) is 6.06. The van der Waals surface area contributed by atoms with Crippen LogP contribution < -0.4 is 5.32 Å². The maximum atomic E-state index is 11.2. The van der Waals surface area contributed by atoms with Gasteiger partial charge in [-0.3, -0.25) is 0 Å². The quantitative estimate of drug-likeness (QED) is 0.822. The van der Waals surface area contributed by atoms with Crippen LogP contribution in [-0.4, -0.2) is 6.09 Å². The number of hydrogen-bond acceptors (Lipinski definition) is 2. The van der Waals surface area contributed by atoms with Gasteiger partial charge in [-0.25, -0.2) is 4.79 Å². The fourth-order valence-electron chi connectivity index (χ4n) is 1.34. The molecule has 1 unspecified atom stereocenters. The summed E-state index contributed by atoms with van der Waals surface area (Å²) in [5.41, 5.74) is 1.02. The molecule has 1 aromatic carbocycles. The molecular formula is C12H16NO2. The molecule has 15 heavy (non-hydrogen) atoms. The smallest absolute Gasteiger partial charge is 0.408 e. The lowest BCUT2D eigenvalue weighted by Gasteiger charge is -2.16. The molecule has 81 valence electrons. The largest absolute Gasteiger partial charge is 0.441 e. The minimum Gasteiger partial charge on any atom is -0.441 e. The molecule has 1 atom stereocenters. The first-order chi connectivity index (χ1) is 7.27. The van der Waals surface area contributed by atoms with Crippen molar-refractivity contribution in [3.63, 3.8) is 0 Å². The lowest BCUT2D eigenvalue weighted by molar-refractivity contribution is 0.0973. The third-order valence-corrected chi connectivity index (χ3v) is 2.05. The summed E-state index contributed by atoms with van der Waals surface area (Å²) in [5.74, 6) is 0. The Kier molecular flexibility index (Phi) is 4.68. The Hall–Kier alpha value is -1.51. The number of alkyl carbamates (subject to hydrolysis) is 1. The monoisotopic (exact) mass is 206 g/mol. The third-order valence-electron chi connectivity index (χ3n) is 2.05. The second-order valence-electron chi connectivity index (χ2n) is 3.15. The molecule has 1 rings (SSSR count). The predicted octanol–water partition coefficient (Wildman–Crippen LogP) is 3.05. The summed E-state index contributed by atoms with van der Waals surface area (Å²) in [6, 6.07) is 9.72. The van der Waals surface area contributed by atoms with Crippen molar-refractivity contribution in [2.45, 2.75) is 26.4 Å². The zero-order chi connectivity index (χ0) is 11.1. The molecule has 0 bridgehead atoms. The van der Waals surface area contributed by atoms with Crippen molar-refractivity contribution in [2.24, 2.45) is 0 Å². The highest BCUT2D eigenvalue weighted by atomic mass is 16.6. The van der Waals surface area contributed by atoms with Gasteiger partial charge in [-0.2, -0.15) is 0 Å². The van der Waals surface area contributed by atoms with Gasteiger partial charge in [-0.15, -0.1) is 0 Å². The Morgan fingerprint density at radius 2 is 2.13 bits per heavy atom. The zero-order valence-electron chi connectivity index (χ0n) is 9.07. The maximum absolute atomic E-state index is 11.2. The molecule has 0 aliphatic carbocycles. The van der Waals surface area contributed by atoms with Crippen LogP contribution in [0.25, 0.3) is 0 Å². The van der Waals surface area contributed by atoms with Crippen molar-refractivity contribution < 1.29 is 9.53 Å². The van der Waals surface area contributed by atoms with Crippen molar-refractivity contribution >= 4 is 6.09 Å². The van der Waals surface area contributed by atoms with Gasteiger partial charge in [0, 0.05) is 6.54 Å². The summed E-state index contributed by atoms with van der Waals surface area (Å²) < 4.78 is 5.24. The van der Waals surface area contributed by atoms with Gasteiger partial charge in [-0.05, 0) is 18.9 Å². The van der Waals surface area contributed by atoms with Gasteiger partial charge in [0.15, 0.2) is 0 Å². The second-order valence-corrected chi connectivity index (χ2v) is 3.15. The molecule has 0 saturated heterocycles. The van der Waals surface area contributed by atoms with Gasteiger partial charge in [0.25, 0.3) is 0 Å². The first-order valence-corrected chi connectivity index (χ1v) is 5.07. The van der Waals surface area contributed by atoms with Crippen LogP contribution >= 0.6 is 0 Å². The topological polar surface area (TPSA) is 38.3 Å². The number of amides is 1. The van der Waals surface area contributed by atoms with Crippen LogP contribution in [0.1, 0.15) is 31.9 Å². The number of ether oxygens (including phenoxy) is 1. The van der Waals surface area contributed by atoms with Gasteiger partial charge in [-0.1, -0.05) is 37.3 Å². The van der Waals surface area contributed by atoms with Crippen LogP contribution in [0.15, 0.2) is 30.3 Å². The van der Waals surface area contributed by atoms with Crippen LogP contribution in [0.2, 0.25) is 0 Å². The first-order valence-electron chi connectivity index (χ1n) is 5.07. The first kappa shape index (κ1) is 11.6. The summed E-state index contributed by atoms with van der Waals surface area (Å²) in [5, 5.41) is 2.49. The summed E-state index contributed by atoms with van der Waals surface area (Å²) in [6.45, 7) is 5.28. The van der Waals surface area contributed by atoms with Crippen LogP contribution in [0.4, 0.5) is 4.79 Å². The SMILES string of the molecule is C[CH]NC(=O)OC(CC)c1ccccc1. The van der Waals surface area contributed by atoms with E-state index in [2.05, 4.69) is 5.32 Å². The van der Waals surface area contributed by atoms with E-state index in [1.807, 2.05) is 37.3 Å². The van der Waals surface area contributed by atoms with Gasteiger partial charge in [0.1, 0.15) is 6.10 Å². The third kappa shape index (κ3) is 3.62.